The summed E-state index contributed by atoms with van der Waals surface area (Å²) in [6.07, 6.45) is 3.28. The van der Waals surface area contributed by atoms with Crippen LogP contribution in [-0.4, -0.2) is 41.6 Å². The van der Waals surface area contributed by atoms with Crippen molar-refractivity contribution in [3.63, 3.8) is 0 Å². The minimum atomic E-state index is -0.198. The molecule has 1 aromatic carbocycles. The molecular weight excluding hydrogens is 293 g/mol. The van der Waals surface area contributed by atoms with E-state index in [1.165, 1.54) is 11.8 Å². The molecule has 5 heteroatoms. The predicted octanol–water partition coefficient (Wildman–Crippen LogP) is 2.45. The third-order valence-electron chi connectivity index (χ3n) is 4.47. The van der Waals surface area contributed by atoms with Crippen LogP contribution in [0.25, 0.3) is 0 Å². The van der Waals surface area contributed by atoms with Crippen LogP contribution in [0.3, 0.4) is 0 Å². The Hall–Kier alpha value is -2.30. The molecule has 0 aliphatic carbocycles. The number of amides is 1. The summed E-state index contributed by atoms with van der Waals surface area (Å²) in [6.45, 7) is 2.66. The summed E-state index contributed by atoms with van der Waals surface area (Å²) < 4.78 is 15.9. The molecule has 4 nitrogen and oxygen atoms in total. The fourth-order valence-electron chi connectivity index (χ4n) is 3.05. The lowest BCUT2D eigenvalue weighted by molar-refractivity contribution is -0.131. The van der Waals surface area contributed by atoms with E-state index in [4.69, 9.17) is 0 Å². The molecule has 0 saturated carbocycles. The Kier molecular flexibility index (Phi) is 4.65. The van der Waals surface area contributed by atoms with E-state index in [2.05, 4.69) is 0 Å². The highest BCUT2D eigenvalue weighted by Crippen LogP contribution is 2.20. The highest BCUT2D eigenvalue weighted by Gasteiger charge is 2.22. The molecule has 122 valence electrons. The number of carbonyl (C=O) groups excluding carboxylic acids is 1. The number of hydrogen-bond acceptors (Lipinski definition) is 2. The third-order valence-corrected chi connectivity index (χ3v) is 4.47. The molecule has 0 N–H and O–H groups in total. The Morgan fingerprint density at radius 1 is 1.09 bits per heavy atom. The van der Waals surface area contributed by atoms with Crippen molar-refractivity contribution in [3.8, 4) is 0 Å². The van der Waals surface area contributed by atoms with E-state index < -0.39 is 0 Å². The second-order valence-corrected chi connectivity index (χ2v) is 5.93. The maximum absolute atomic E-state index is 13.8. The first-order valence-electron chi connectivity index (χ1n) is 8.02. The maximum atomic E-state index is 13.8. The van der Waals surface area contributed by atoms with Gasteiger partial charge in [0.25, 0.3) is 0 Å². The Balaban J connectivity index is 1.51. The molecule has 0 unspecified atom stereocenters. The standard InChI is InChI=1S/C18H22FN3O/c1-20-10-4-5-15(20)8-9-18(23)22-13-11-21(12-14-22)17-7-3-2-6-16(17)19/h2-7,10H,8-9,11-14H2,1H3. The second-order valence-electron chi connectivity index (χ2n) is 5.93. The van der Waals surface area contributed by atoms with Crippen LogP contribution in [0, 0.1) is 5.82 Å². The van der Waals surface area contributed by atoms with Crippen molar-refractivity contribution in [1.29, 1.82) is 0 Å². The van der Waals surface area contributed by atoms with E-state index in [0.717, 1.165) is 6.42 Å². The fraction of sp³-hybridized carbons (Fsp3) is 0.389. The molecule has 0 radical (unpaired) electrons. The maximum Gasteiger partial charge on any atom is 0.223 e. The van der Waals surface area contributed by atoms with E-state index in [-0.39, 0.29) is 11.7 Å². The summed E-state index contributed by atoms with van der Waals surface area (Å²) >= 11 is 0. The second kappa shape index (κ2) is 6.86. The van der Waals surface area contributed by atoms with Gasteiger partial charge in [-0.2, -0.15) is 0 Å². The Labute approximate surface area is 136 Å². The van der Waals surface area contributed by atoms with Crippen molar-refractivity contribution in [1.82, 2.24) is 9.47 Å². The van der Waals surface area contributed by atoms with Gasteiger partial charge in [-0.15, -0.1) is 0 Å². The van der Waals surface area contributed by atoms with Crippen molar-refractivity contribution >= 4 is 11.6 Å². The van der Waals surface area contributed by atoms with E-state index >= 15 is 0 Å². The van der Waals surface area contributed by atoms with Gasteiger partial charge in [-0.25, -0.2) is 4.39 Å². The number of hydrogen-bond donors (Lipinski definition) is 0. The van der Waals surface area contributed by atoms with Crippen LogP contribution in [0.15, 0.2) is 42.6 Å². The molecule has 1 fully saturated rings. The van der Waals surface area contributed by atoms with Gasteiger partial charge in [0.1, 0.15) is 5.82 Å². The fourth-order valence-corrected chi connectivity index (χ4v) is 3.05. The van der Waals surface area contributed by atoms with Gasteiger partial charge in [-0.3, -0.25) is 4.79 Å². The molecule has 0 atom stereocenters. The lowest BCUT2D eigenvalue weighted by atomic mass is 10.2. The van der Waals surface area contributed by atoms with Crippen LogP contribution in [0.1, 0.15) is 12.1 Å². The number of nitrogens with zero attached hydrogens (tertiary/aromatic N) is 3. The van der Waals surface area contributed by atoms with Crippen molar-refractivity contribution in [2.24, 2.45) is 7.05 Å². The number of aromatic nitrogens is 1. The number of carbonyl (C=O) groups is 1. The number of aryl methyl sites for hydroxylation is 2. The number of benzene rings is 1. The van der Waals surface area contributed by atoms with Gasteiger partial charge in [-0.1, -0.05) is 12.1 Å². The zero-order valence-corrected chi connectivity index (χ0v) is 13.4. The van der Waals surface area contributed by atoms with Gasteiger partial charge in [0.15, 0.2) is 0 Å². The summed E-state index contributed by atoms with van der Waals surface area (Å²) in [5.74, 6) is -0.0182. The van der Waals surface area contributed by atoms with E-state index in [1.807, 2.05) is 45.8 Å². The monoisotopic (exact) mass is 315 g/mol. The van der Waals surface area contributed by atoms with Gasteiger partial charge in [0, 0.05) is 51.5 Å². The first kappa shape index (κ1) is 15.6. The van der Waals surface area contributed by atoms with Crippen LogP contribution >= 0.6 is 0 Å². The summed E-state index contributed by atoms with van der Waals surface area (Å²) in [5.41, 5.74) is 1.80. The molecule has 2 aromatic rings. The lowest BCUT2D eigenvalue weighted by Crippen LogP contribution is -2.49. The van der Waals surface area contributed by atoms with Gasteiger partial charge < -0.3 is 14.4 Å². The molecule has 1 aliphatic heterocycles. The average molecular weight is 315 g/mol. The van der Waals surface area contributed by atoms with Gasteiger partial charge in [-0.05, 0) is 30.7 Å². The Morgan fingerprint density at radius 3 is 2.48 bits per heavy atom. The number of para-hydroxylation sites is 1. The molecule has 0 bridgehead atoms. The molecule has 1 amide bonds. The minimum Gasteiger partial charge on any atom is -0.366 e. The highest BCUT2D eigenvalue weighted by atomic mass is 19.1. The first-order valence-corrected chi connectivity index (χ1v) is 8.02. The largest absolute Gasteiger partial charge is 0.366 e. The summed E-state index contributed by atoms with van der Waals surface area (Å²) in [4.78, 5) is 16.2. The molecule has 23 heavy (non-hydrogen) atoms. The number of piperazine rings is 1. The zero-order valence-electron chi connectivity index (χ0n) is 13.4. The number of halogens is 1. The van der Waals surface area contributed by atoms with Gasteiger partial charge in [0.2, 0.25) is 5.91 Å². The molecule has 1 saturated heterocycles. The quantitative estimate of drug-likeness (QED) is 0.867. The van der Waals surface area contributed by atoms with E-state index in [1.54, 1.807) is 12.1 Å². The van der Waals surface area contributed by atoms with E-state index in [0.29, 0.717) is 38.3 Å². The summed E-state index contributed by atoms with van der Waals surface area (Å²) in [6, 6.07) is 10.9. The lowest BCUT2D eigenvalue weighted by Gasteiger charge is -2.36. The first-order chi connectivity index (χ1) is 11.1. The normalized spacial score (nSPS) is 15.0. The van der Waals surface area contributed by atoms with Crippen molar-refractivity contribution < 1.29 is 9.18 Å². The van der Waals surface area contributed by atoms with E-state index in [9.17, 15) is 9.18 Å². The minimum absolute atomic E-state index is 0.180. The highest BCUT2D eigenvalue weighted by molar-refractivity contribution is 5.76. The number of anilines is 1. The average Bonchev–Trinajstić information content (AvgIpc) is 2.98. The predicted molar refractivity (Wildman–Crippen MR) is 88.9 cm³/mol. The van der Waals surface area contributed by atoms with Crippen LogP contribution in [0.5, 0.6) is 0 Å². The summed E-state index contributed by atoms with van der Waals surface area (Å²) in [5, 5.41) is 0. The molecule has 1 aromatic heterocycles. The van der Waals surface area contributed by atoms with Gasteiger partial charge >= 0.3 is 0 Å². The number of rotatable bonds is 4. The van der Waals surface area contributed by atoms with Gasteiger partial charge in [0.05, 0.1) is 5.69 Å². The van der Waals surface area contributed by atoms with Crippen LogP contribution in [0.2, 0.25) is 0 Å². The molecular formula is C18H22FN3O. The van der Waals surface area contributed by atoms with Crippen LogP contribution < -0.4 is 4.90 Å². The molecule has 3 rings (SSSR count). The van der Waals surface area contributed by atoms with Crippen LogP contribution in [0.4, 0.5) is 10.1 Å². The smallest absolute Gasteiger partial charge is 0.223 e. The Morgan fingerprint density at radius 2 is 1.83 bits per heavy atom. The van der Waals surface area contributed by atoms with Crippen molar-refractivity contribution in [3.05, 3.63) is 54.1 Å². The summed E-state index contributed by atoms with van der Waals surface area (Å²) in [7, 11) is 1.99. The Bertz CT molecular complexity index is 674. The van der Waals surface area contributed by atoms with Crippen molar-refractivity contribution in [2.45, 2.75) is 12.8 Å². The third kappa shape index (κ3) is 3.55. The molecule has 2 heterocycles. The van der Waals surface area contributed by atoms with Crippen molar-refractivity contribution in [2.75, 3.05) is 31.1 Å². The van der Waals surface area contributed by atoms with Crippen LogP contribution in [-0.2, 0) is 18.3 Å². The topological polar surface area (TPSA) is 28.5 Å². The molecule has 0 spiro atoms. The zero-order chi connectivity index (χ0) is 16.2. The molecule has 1 aliphatic rings. The SMILES string of the molecule is Cn1cccc1CCC(=O)N1CCN(c2ccccc2F)CC1.